The normalized spacial score (nSPS) is 35.4. The molecule has 3 nitrogen and oxygen atoms in total. The number of alkyl halides is 3. The van der Waals surface area contributed by atoms with Crippen LogP contribution in [0.5, 0.6) is 0 Å². The van der Waals surface area contributed by atoms with Gasteiger partial charge in [-0.25, -0.2) is 16.9 Å². The molecule has 3 fully saturated rings. The van der Waals surface area contributed by atoms with Gasteiger partial charge in [0.15, 0.2) is 0 Å². The van der Waals surface area contributed by atoms with Crippen molar-refractivity contribution in [1.82, 2.24) is 4.72 Å². The zero-order valence-electron chi connectivity index (χ0n) is 13.4. The predicted octanol–water partition coefficient (Wildman–Crippen LogP) is 2.30. The summed E-state index contributed by atoms with van der Waals surface area (Å²) in [6.45, 7) is 7.31. The molecule has 3 radical (unpaired) electrons. The van der Waals surface area contributed by atoms with Gasteiger partial charge in [-0.05, 0) is 46.0 Å². The van der Waals surface area contributed by atoms with E-state index in [4.69, 9.17) is 7.98 Å². The molecule has 0 aromatic heterocycles. The van der Waals surface area contributed by atoms with Crippen LogP contribution in [-0.4, -0.2) is 53.2 Å². The molecule has 3 aliphatic rings. The Bertz CT molecular complexity index is 431. The lowest BCUT2D eigenvalue weighted by molar-refractivity contribution is -0.841. The third kappa shape index (κ3) is 4.26. The van der Waals surface area contributed by atoms with Crippen LogP contribution in [0.2, 0.25) is 0 Å². The van der Waals surface area contributed by atoms with Crippen molar-refractivity contribution < 1.29 is 21.8 Å². The molecular formula is C14H25BF3N2OS. The van der Waals surface area contributed by atoms with Crippen LogP contribution in [0.3, 0.4) is 0 Å². The van der Waals surface area contributed by atoms with Crippen molar-refractivity contribution in [3.8, 4) is 0 Å². The van der Waals surface area contributed by atoms with Crippen molar-refractivity contribution in [3.63, 3.8) is 0 Å². The molecule has 1 N–H and O–H groups in total. The van der Waals surface area contributed by atoms with Crippen molar-refractivity contribution in [1.29, 1.82) is 0 Å². The molecule has 0 aliphatic carbocycles. The monoisotopic (exact) mass is 337 g/mol. The van der Waals surface area contributed by atoms with Crippen molar-refractivity contribution in [2.45, 2.75) is 57.0 Å². The summed E-state index contributed by atoms with van der Waals surface area (Å²) in [5.41, 5.74) is 0. The standard InChI is InChI=1S/C14H25BF3N2OS/c1-13(2,3)22(21)19-12(14(16,17)18)8-11-9-20(15)6-4-10(11)5-7-20/h10-12,19H,4-9H2,1-3H3/t10?,11-,12-,20?,22?/m1/s1. The summed E-state index contributed by atoms with van der Waals surface area (Å²) in [4.78, 5) is 0. The van der Waals surface area contributed by atoms with Crippen LogP contribution in [0, 0.1) is 11.8 Å². The van der Waals surface area contributed by atoms with Crippen LogP contribution in [0.1, 0.15) is 40.0 Å². The van der Waals surface area contributed by atoms with Gasteiger partial charge in [-0.15, -0.1) is 0 Å². The Balaban J connectivity index is 2.06. The van der Waals surface area contributed by atoms with Crippen LogP contribution >= 0.6 is 0 Å². The maximum absolute atomic E-state index is 13.3. The molecule has 8 heteroatoms. The van der Waals surface area contributed by atoms with Crippen molar-refractivity contribution in [2.24, 2.45) is 11.8 Å². The number of nitrogens with one attached hydrogen (secondary N) is 1. The number of rotatable bonds is 4. The summed E-state index contributed by atoms with van der Waals surface area (Å²) < 4.78 is 54.0. The van der Waals surface area contributed by atoms with E-state index in [2.05, 4.69) is 4.72 Å². The number of piperidine rings is 3. The van der Waals surface area contributed by atoms with Gasteiger partial charge in [0.2, 0.25) is 0 Å². The average Bonchev–Trinajstić information content (AvgIpc) is 2.35. The minimum absolute atomic E-state index is 0.0345. The zero-order valence-corrected chi connectivity index (χ0v) is 14.3. The fraction of sp³-hybridized carbons (Fsp3) is 1.00. The second-order valence-corrected chi connectivity index (χ2v) is 9.77. The van der Waals surface area contributed by atoms with Gasteiger partial charge in [0, 0.05) is 25.6 Å². The Hall–Kier alpha value is -0.0751. The van der Waals surface area contributed by atoms with E-state index >= 15 is 0 Å². The lowest BCUT2D eigenvalue weighted by atomic mass is 9.72. The van der Waals surface area contributed by atoms with Gasteiger partial charge in [-0.1, -0.05) is 0 Å². The third-order valence-electron chi connectivity index (χ3n) is 4.89. The highest BCUT2D eigenvalue weighted by atomic mass is 32.2. The number of hydrogen-bond donors (Lipinski definition) is 1. The fourth-order valence-corrected chi connectivity index (χ4v) is 4.34. The molecule has 127 valence electrons. The smallest absolute Gasteiger partial charge is 0.404 e. The van der Waals surface area contributed by atoms with E-state index in [0.717, 1.165) is 25.9 Å². The third-order valence-corrected chi connectivity index (χ3v) is 6.51. The molecule has 1 unspecified atom stereocenters. The van der Waals surface area contributed by atoms with Crippen LogP contribution in [-0.2, 0) is 11.0 Å². The van der Waals surface area contributed by atoms with E-state index in [1.807, 2.05) is 0 Å². The predicted molar refractivity (Wildman–Crippen MR) is 82.3 cm³/mol. The van der Waals surface area contributed by atoms with Gasteiger partial charge in [0.25, 0.3) is 0 Å². The summed E-state index contributed by atoms with van der Waals surface area (Å²) in [7, 11) is 4.48. The van der Waals surface area contributed by atoms with E-state index in [0.29, 0.717) is 16.9 Å². The molecule has 3 heterocycles. The van der Waals surface area contributed by atoms with Crippen molar-refractivity contribution in [3.05, 3.63) is 0 Å². The molecule has 2 bridgehead atoms. The van der Waals surface area contributed by atoms with Crippen molar-refractivity contribution >= 4 is 19.0 Å². The molecule has 0 aromatic carbocycles. The fourth-order valence-electron chi connectivity index (χ4n) is 3.50. The summed E-state index contributed by atoms with van der Waals surface area (Å²) in [6, 6.07) is -1.73. The SMILES string of the molecule is [B-][N+]12CCC(CC1)[C@H](C[C@@H](NS(=O)C(C)(C)C)C(F)(F)F)C2. The summed E-state index contributed by atoms with van der Waals surface area (Å²) >= 11 is 0. The lowest BCUT2D eigenvalue weighted by Gasteiger charge is -2.62. The molecule has 3 saturated heterocycles. The first-order chi connectivity index (χ1) is 9.91. The maximum Gasteiger partial charge on any atom is 0.404 e. The highest BCUT2D eigenvalue weighted by molar-refractivity contribution is 7.84. The van der Waals surface area contributed by atoms with Crippen LogP contribution in [0.25, 0.3) is 0 Å². The highest BCUT2D eigenvalue weighted by Crippen LogP contribution is 2.40. The van der Waals surface area contributed by atoms with E-state index in [9.17, 15) is 17.4 Å². The van der Waals surface area contributed by atoms with E-state index < -0.39 is 28.0 Å². The molecular weight excluding hydrogens is 312 g/mol. The second-order valence-electron chi connectivity index (χ2n) is 7.77. The van der Waals surface area contributed by atoms with Crippen LogP contribution in [0.15, 0.2) is 0 Å². The summed E-state index contributed by atoms with van der Waals surface area (Å²) in [5, 5.41) is 0. The molecule has 3 atom stereocenters. The lowest BCUT2D eigenvalue weighted by Crippen LogP contribution is -2.61. The van der Waals surface area contributed by atoms with Crippen LogP contribution < -0.4 is 4.72 Å². The molecule has 3 rings (SSSR count). The highest BCUT2D eigenvalue weighted by Gasteiger charge is 2.46. The first kappa shape index (κ1) is 18.3. The average molecular weight is 337 g/mol. The molecule has 0 amide bonds. The van der Waals surface area contributed by atoms with Crippen molar-refractivity contribution in [2.75, 3.05) is 19.6 Å². The number of quaternary nitrogens is 1. The zero-order chi connectivity index (χ0) is 16.8. The quantitative estimate of drug-likeness (QED) is 0.784. The number of halogens is 3. The van der Waals surface area contributed by atoms with Crippen LogP contribution in [0.4, 0.5) is 13.2 Å². The Kier molecular flexibility index (Phi) is 5.06. The minimum Gasteiger partial charge on any atom is -0.588 e. The summed E-state index contributed by atoms with van der Waals surface area (Å²) in [6.07, 6.45) is -2.64. The van der Waals surface area contributed by atoms with Gasteiger partial charge in [-0.3, -0.25) is 0 Å². The second kappa shape index (κ2) is 6.09. The van der Waals surface area contributed by atoms with Gasteiger partial charge in [-0.2, -0.15) is 13.2 Å². The Morgan fingerprint density at radius 2 is 1.82 bits per heavy atom. The van der Waals surface area contributed by atoms with Gasteiger partial charge in [0.05, 0.1) is 15.7 Å². The topological polar surface area (TPSA) is 29.1 Å². The first-order valence-corrected chi connectivity index (χ1v) is 8.95. The Morgan fingerprint density at radius 1 is 1.27 bits per heavy atom. The molecule has 0 spiro atoms. The molecule has 0 aromatic rings. The largest absolute Gasteiger partial charge is 0.588 e. The maximum atomic E-state index is 13.3. The Labute approximate surface area is 134 Å². The molecule has 22 heavy (non-hydrogen) atoms. The van der Waals surface area contributed by atoms with E-state index in [-0.39, 0.29) is 12.3 Å². The van der Waals surface area contributed by atoms with Gasteiger partial charge < -0.3 is 4.39 Å². The first-order valence-electron chi connectivity index (χ1n) is 7.80. The van der Waals surface area contributed by atoms with E-state index in [1.165, 1.54) is 0 Å². The number of nitrogens with zero attached hydrogens (tertiary/aromatic N) is 1. The number of hydrogen-bond acceptors (Lipinski definition) is 1. The summed E-state index contributed by atoms with van der Waals surface area (Å²) in [5.74, 6) is 0.266. The molecule has 3 aliphatic heterocycles. The van der Waals surface area contributed by atoms with Gasteiger partial charge >= 0.3 is 6.18 Å². The van der Waals surface area contributed by atoms with Gasteiger partial charge in [0.1, 0.15) is 6.04 Å². The molecule has 0 saturated carbocycles. The minimum atomic E-state index is -4.40. The Morgan fingerprint density at radius 3 is 2.23 bits per heavy atom. The number of fused-ring (bicyclic) bond motifs is 3. The van der Waals surface area contributed by atoms with E-state index in [1.54, 1.807) is 20.8 Å².